The minimum absolute atomic E-state index is 0.0442. The summed E-state index contributed by atoms with van der Waals surface area (Å²) in [5.41, 5.74) is 2.94. The van der Waals surface area contributed by atoms with Crippen molar-refractivity contribution in [3.63, 3.8) is 0 Å². The first-order valence-corrected chi connectivity index (χ1v) is 8.71. The number of sulfonamides is 1. The number of rotatable bonds is 4. The number of anilines is 1. The van der Waals surface area contributed by atoms with Crippen LogP contribution in [0, 0.1) is 6.92 Å². The summed E-state index contributed by atoms with van der Waals surface area (Å²) in [6.45, 7) is 1.90. The highest BCUT2D eigenvalue weighted by Gasteiger charge is 2.17. The van der Waals surface area contributed by atoms with Gasteiger partial charge in [-0.1, -0.05) is 35.9 Å². The molecule has 0 atom stereocenters. The van der Waals surface area contributed by atoms with E-state index in [0.717, 1.165) is 17.0 Å². The highest BCUT2D eigenvalue weighted by atomic mass is 35.5. The molecule has 0 aliphatic heterocycles. The number of aryl methyl sites for hydroxylation is 1. The van der Waals surface area contributed by atoms with Crippen LogP contribution in [0.5, 0.6) is 0 Å². The third kappa shape index (κ3) is 3.38. The van der Waals surface area contributed by atoms with Crippen LogP contribution in [0.2, 0.25) is 5.02 Å². The monoisotopic (exact) mass is 347 g/mol. The lowest BCUT2D eigenvalue weighted by Crippen LogP contribution is -2.13. The van der Waals surface area contributed by atoms with Gasteiger partial charge in [0.05, 0.1) is 10.7 Å². The summed E-state index contributed by atoms with van der Waals surface area (Å²) in [5, 5.41) is 7.21. The van der Waals surface area contributed by atoms with Gasteiger partial charge in [0, 0.05) is 16.9 Å². The highest BCUT2D eigenvalue weighted by Crippen LogP contribution is 2.26. The molecule has 0 unspecified atom stereocenters. The van der Waals surface area contributed by atoms with Crippen LogP contribution in [0.25, 0.3) is 11.3 Å². The van der Waals surface area contributed by atoms with Crippen molar-refractivity contribution in [2.24, 2.45) is 0 Å². The zero-order chi connectivity index (χ0) is 16.4. The van der Waals surface area contributed by atoms with Crippen molar-refractivity contribution in [1.29, 1.82) is 0 Å². The fourth-order valence-electron chi connectivity index (χ4n) is 2.18. The molecule has 118 valence electrons. The van der Waals surface area contributed by atoms with Crippen LogP contribution in [-0.4, -0.2) is 18.6 Å². The molecule has 0 saturated carbocycles. The van der Waals surface area contributed by atoms with Crippen molar-refractivity contribution in [3.8, 4) is 11.3 Å². The maximum absolute atomic E-state index is 12.5. The molecule has 0 saturated heterocycles. The van der Waals surface area contributed by atoms with Gasteiger partial charge in [-0.15, -0.1) is 0 Å². The summed E-state index contributed by atoms with van der Waals surface area (Å²) < 4.78 is 27.5. The van der Waals surface area contributed by atoms with Gasteiger partial charge in [0.15, 0.2) is 0 Å². The van der Waals surface area contributed by atoms with E-state index in [9.17, 15) is 8.42 Å². The number of halogens is 1. The highest BCUT2D eigenvalue weighted by molar-refractivity contribution is 7.92. The second kappa shape index (κ2) is 6.06. The Hall–Kier alpha value is -2.31. The van der Waals surface area contributed by atoms with E-state index >= 15 is 0 Å². The molecule has 0 bridgehead atoms. The lowest BCUT2D eigenvalue weighted by Gasteiger charge is -2.10. The van der Waals surface area contributed by atoms with E-state index in [2.05, 4.69) is 14.9 Å². The van der Waals surface area contributed by atoms with E-state index in [1.165, 1.54) is 6.07 Å². The third-order valence-electron chi connectivity index (χ3n) is 3.24. The van der Waals surface area contributed by atoms with E-state index in [1.54, 1.807) is 36.4 Å². The lowest BCUT2D eigenvalue weighted by atomic mass is 10.1. The van der Waals surface area contributed by atoms with Gasteiger partial charge in [-0.25, -0.2) is 8.42 Å². The van der Waals surface area contributed by atoms with Crippen molar-refractivity contribution in [1.82, 2.24) is 10.2 Å². The lowest BCUT2D eigenvalue weighted by molar-refractivity contribution is 0.601. The number of hydrogen-bond acceptors (Lipinski definition) is 3. The van der Waals surface area contributed by atoms with Crippen molar-refractivity contribution >= 4 is 27.3 Å². The molecule has 23 heavy (non-hydrogen) atoms. The SMILES string of the molecule is Cc1cc(-c2cccc(NS(=O)(=O)c3ccccc3Cl)c2)n[nH]1. The first kappa shape index (κ1) is 15.6. The van der Waals surface area contributed by atoms with Crippen molar-refractivity contribution in [2.75, 3.05) is 4.72 Å². The molecule has 0 fully saturated rings. The molecule has 3 rings (SSSR count). The first-order chi connectivity index (χ1) is 11.0. The summed E-state index contributed by atoms with van der Waals surface area (Å²) in [5.74, 6) is 0. The molecule has 0 aliphatic rings. The molecular weight excluding hydrogens is 334 g/mol. The fraction of sp³-hybridized carbons (Fsp3) is 0.0625. The Labute approximate surface area is 139 Å². The third-order valence-corrected chi connectivity index (χ3v) is 5.12. The largest absolute Gasteiger partial charge is 0.282 e. The Bertz CT molecular complexity index is 951. The Morgan fingerprint density at radius 3 is 2.57 bits per heavy atom. The number of nitrogens with one attached hydrogen (secondary N) is 2. The topological polar surface area (TPSA) is 74.8 Å². The van der Waals surface area contributed by atoms with Crippen LogP contribution in [0.1, 0.15) is 5.69 Å². The zero-order valence-electron chi connectivity index (χ0n) is 12.2. The fourth-order valence-corrected chi connectivity index (χ4v) is 3.75. The second-order valence-electron chi connectivity index (χ2n) is 5.05. The van der Waals surface area contributed by atoms with Gasteiger partial charge in [0.1, 0.15) is 4.90 Å². The molecule has 1 heterocycles. The van der Waals surface area contributed by atoms with Crippen LogP contribution < -0.4 is 4.72 Å². The minimum Gasteiger partial charge on any atom is -0.282 e. The van der Waals surface area contributed by atoms with Gasteiger partial charge < -0.3 is 0 Å². The maximum atomic E-state index is 12.5. The molecule has 0 radical (unpaired) electrons. The molecule has 2 N–H and O–H groups in total. The van der Waals surface area contributed by atoms with Gasteiger partial charge in [-0.2, -0.15) is 5.10 Å². The van der Waals surface area contributed by atoms with E-state index in [1.807, 2.05) is 19.1 Å². The molecule has 2 aromatic carbocycles. The maximum Gasteiger partial charge on any atom is 0.263 e. The predicted octanol–water partition coefficient (Wildman–Crippen LogP) is 3.84. The van der Waals surface area contributed by atoms with Crippen molar-refractivity contribution in [3.05, 3.63) is 65.3 Å². The molecule has 5 nitrogen and oxygen atoms in total. The smallest absolute Gasteiger partial charge is 0.263 e. The number of aromatic nitrogens is 2. The number of H-pyrrole nitrogens is 1. The molecule has 0 amide bonds. The van der Waals surface area contributed by atoms with Crippen LogP contribution in [0.3, 0.4) is 0 Å². The van der Waals surface area contributed by atoms with Gasteiger partial charge >= 0.3 is 0 Å². The number of hydrogen-bond donors (Lipinski definition) is 2. The van der Waals surface area contributed by atoms with Crippen molar-refractivity contribution < 1.29 is 8.42 Å². The molecule has 3 aromatic rings. The summed E-state index contributed by atoms with van der Waals surface area (Å²) >= 11 is 5.97. The van der Waals surface area contributed by atoms with E-state index in [4.69, 9.17) is 11.6 Å². The van der Waals surface area contributed by atoms with Crippen LogP contribution >= 0.6 is 11.6 Å². The summed E-state index contributed by atoms with van der Waals surface area (Å²) in [6, 6.07) is 15.2. The summed E-state index contributed by atoms with van der Waals surface area (Å²) in [7, 11) is -3.75. The summed E-state index contributed by atoms with van der Waals surface area (Å²) in [6.07, 6.45) is 0. The number of nitrogens with zero attached hydrogens (tertiary/aromatic N) is 1. The van der Waals surface area contributed by atoms with Gasteiger partial charge in [-0.3, -0.25) is 9.82 Å². The molecule has 1 aromatic heterocycles. The normalized spacial score (nSPS) is 11.4. The molecule has 7 heteroatoms. The standard InChI is InChI=1S/C16H14ClN3O2S/c1-11-9-15(19-18-11)12-5-4-6-13(10-12)20-23(21,22)16-8-3-2-7-14(16)17/h2-10,20H,1H3,(H,18,19). The van der Waals surface area contributed by atoms with E-state index in [-0.39, 0.29) is 9.92 Å². The first-order valence-electron chi connectivity index (χ1n) is 6.85. The summed E-state index contributed by atoms with van der Waals surface area (Å²) in [4.78, 5) is 0.0442. The van der Waals surface area contributed by atoms with Crippen LogP contribution in [0.4, 0.5) is 5.69 Å². The Morgan fingerprint density at radius 1 is 1.09 bits per heavy atom. The zero-order valence-corrected chi connectivity index (χ0v) is 13.8. The quantitative estimate of drug-likeness (QED) is 0.753. The van der Waals surface area contributed by atoms with Gasteiger partial charge in [0.25, 0.3) is 10.0 Å². The Morgan fingerprint density at radius 2 is 1.87 bits per heavy atom. The van der Waals surface area contributed by atoms with Crippen LogP contribution in [-0.2, 0) is 10.0 Å². The van der Waals surface area contributed by atoms with E-state index in [0.29, 0.717) is 5.69 Å². The Kier molecular flexibility index (Phi) is 4.11. The molecule has 0 aliphatic carbocycles. The minimum atomic E-state index is -3.75. The number of aromatic amines is 1. The van der Waals surface area contributed by atoms with E-state index < -0.39 is 10.0 Å². The predicted molar refractivity (Wildman–Crippen MR) is 91.0 cm³/mol. The van der Waals surface area contributed by atoms with Crippen LogP contribution in [0.15, 0.2) is 59.5 Å². The second-order valence-corrected chi connectivity index (χ2v) is 7.11. The average molecular weight is 348 g/mol. The molecule has 0 spiro atoms. The van der Waals surface area contributed by atoms with Gasteiger partial charge in [-0.05, 0) is 37.3 Å². The average Bonchev–Trinajstić information content (AvgIpc) is 2.94. The molecular formula is C16H14ClN3O2S. The Balaban J connectivity index is 1.93. The number of benzene rings is 2. The van der Waals surface area contributed by atoms with Crippen molar-refractivity contribution in [2.45, 2.75) is 11.8 Å². The van der Waals surface area contributed by atoms with Gasteiger partial charge in [0.2, 0.25) is 0 Å².